The van der Waals surface area contributed by atoms with Gasteiger partial charge in [-0.2, -0.15) is 0 Å². The van der Waals surface area contributed by atoms with Crippen LogP contribution in [0.1, 0.15) is 34.7 Å². The van der Waals surface area contributed by atoms with Crippen LogP contribution in [-0.2, 0) is 0 Å². The van der Waals surface area contributed by atoms with E-state index >= 15 is 0 Å². The molecular weight excluding hydrogens is 499 g/mol. The molecule has 35 heavy (non-hydrogen) atoms. The first kappa shape index (κ1) is 23.7. The predicted octanol–water partition coefficient (Wildman–Crippen LogP) is 6.98. The van der Waals surface area contributed by atoms with Crippen molar-refractivity contribution in [2.45, 2.75) is 25.9 Å². The summed E-state index contributed by atoms with van der Waals surface area (Å²) >= 11 is 18.9. The van der Waals surface area contributed by atoms with Crippen LogP contribution < -0.4 is 15.0 Å². The molecule has 2 aromatic heterocycles. The van der Waals surface area contributed by atoms with Crippen molar-refractivity contribution in [1.29, 1.82) is 0 Å². The number of pyridine rings is 1. The van der Waals surface area contributed by atoms with Crippen molar-refractivity contribution in [1.82, 2.24) is 14.9 Å². The van der Waals surface area contributed by atoms with E-state index in [9.17, 15) is 0 Å². The maximum absolute atomic E-state index is 6.63. The van der Waals surface area contributed by atoms with Crippen LogP contribution in [0.15, 0.2) is 72.9 Å². The highest BCUT2D eigenvalue weighted by molar-refractivity contribution is 7.80. The van der Waals surface area contributed by atoms with Gasteiger partial charge in [0, 0.05) is 29.3 Å². The van der Waals surface area contributed by atoms with Crippen LogP contribution in [0.5, 0.6) is 5.75 Å². The van der Waals surface area contributed by atoms with E-state index in [1.165, 1.54) is 0 Å². The average molecular weight is 523 g/mol. The van der Waals surface area contributed by atoms with Crippen LogP contribution in [0.4, 0.5) is 5.69 Å². The van der Waals surface area contributed by atoms with E-state index < -0.39 is 0 Å². The van der Waals surface area contributed by atoms with Gasteiger partial charge in [0.05, 0.1) is 40.6 Å². The fourth-order valence-corrected chi connectivity index (χ4v) is 5.56. The third-order valence-corrected chi connectivity index (χ3v) is 7.51. The molecule has 0 unspecified atom stereocenters. The Labute approximate surface area is 220 Å². The van der Waals surface area contributed by atoms with E-state index in [1.807, 2.05) is 54.6 Å². The van der Waals surface area contributed by atoms with Crippen molar-refractivity contribution in [3.63, 3.8) is 0 Å². The zero-order valence-corrected chi connectivity index (χ0v) is 21.8. The van der Waals surface area contributed by atoms with E-state index in [2.05, 4.69) is 39.7 Å². The molecule has 178 valence electrons. The first-order valence-electron chi connectivity index (χ1n) is 11.2. The second kappa shape index (κ2) is 9.53. The fraction of sp³-hybridized carbons (Fsp3) is 0.185. The lowest BCUT2D eigenvalue weighted by Crippen LogP contribution is -2.29. The molecule has 0 spiro atoms. The predicted molar refractivity (Wildman–Crippen MR) is 146 cm³/mol. The molecule has 0 radical (unpaired) electrons. The summed E-state index contributed by atoms with van der Waals surface area (Å²) in [5.41, 5.74) is 5.91. The van der Waals surface area contributed by atoms with Crippen molar-refractivity contribution in [3.05, 3.63) is 106 Å². The Morgan fingerprint density at radius 2 is 1.80 bits per heavy atom. The third-order valence-electron chi connectivity index (χ3n) is 6.39. The Hall–Kier alpha value is -3.06. The Morgan fingerprint density at radius 3 is 2.54 bits per heavy atom. The molecule has 1 fully saturated rings. The molecule has 8 heteroatoms. The van der Waals surface area contributed by atoms with Gasteiger partial charge in [-0.05, 0) is 74.1 Å². The first-order chi connectivity index (χ1) is 16.9. The number of thiocarbonyl (C=S) groups is 1. The zero-order chi connectivity index (χ0) is 24.7. The van der Waals surface area contributed by atoms with Gasteiger partial charge in [0.2, 0.25) is 0 Å². The summed E-state index contributed by atoms with van der Waals surface area (Å²) < 4.78 is 7.64. The Morgan fingerprint density at radius 1 is 1.00 bits per heavy atom. The van der Waals surface area contributed by atoms with E-state index in [4.69, 9.17) is 40.2 Å². The molecule has 1 aliphatic heterocycles. The lowest BCUT2D eigenvalue weighted by molar-refractivity contribution is 0.415. The van der Waals surface area contributed by atoms with Gasteiger partial charge in [0.15, 0.2) is 5.11 Å². The molecule has 5 nitrogen and oxygen atoms in total. The maximum Gasteiger partial charge on any atom is 0.174 e. The van der Waals surface area contributed by atoms with Crippen LogP contribution >= 0.6 is 35.4 Å². The highest BCUT2D eigenvalue weighted by Gasteiger charge is 2.42. The summed E-state index contributed by atoms with van der Waals surface area (Å²) in [6.07, 6.45) is 1.81. The van der Waals surface area contributed by atoms with Crippen molar-refractivity contribution >= 4 is 46.2 Å². The molecule has 0 aliphatic carbocycles. The third kappa shape index (κ3) is 4.16. The Balaban J connectivity index is 1.70. The number of hydrogen-bond acceptors (Lipinski definition) is 3. The second-order valence-electron chi connectivity index (χ2n) is 8.43. The van der Waals surface area contributed by atoms with Crippen LogP contribution in [0.2, 0.25) is 10.0 Å². The molecule has 4 aromatic rings. The quantitative estimate of drug-likeness (QED) is 0.286. The molecule has 1 saturated heterocycles. The molecule has 1 N–H and O–H groups in total. The minimum absolute atomic E-state index is 0.151. The van der Waals surface area contributed by atoms with Gasteiger partial charge >= 0.3 is 0 Å². The Bertz CT molecular complexity index is 1410. The van der Waals surface area contributed by atoms with Crippen LogP contribution in [0.3, 0.4) is 0 Å². The van der Waals surface area contributed by atoms with E-state index in [-0.39, 0.29) is 12.1 Å². The number of nitrogens with one attached hydrogen (secondary N) is 1. The summed E-state index contributed by atoms with van der Waals surface area (Å²) in [5.74, 6) is 0.765. The molecule has 0 bridgehead atoms. The number of hydrogen-bond donors (Lipinski definition) is 1. The normalized spacial score (nSPS) is 17.5. The first-order valence-corrected chi connectivity index (χ1v) is 12.3. The van der Waals surface area contributed by atoms with Gasteiger partial charge in [-0.15, -0.1) is 0 Å². The summed E-state index contributed by atoms with van der Waals surface area (Å²) in [7, 11) is 1.66. The Kier molecular flexibility index (Phi) is 6.45. The fourth-order valence-electron chi connectivity index (χ4n) is 4.83. The summed E-state index contributed by atoms with van der Waals surface area (Å²) in [6.45, 7) is 4.17. The summed E-state index contributed by atoms with van der Waals surface area (Å²) in [5, 5.41) is 5.19. The van der Waals surface area contributed by atoms with Gasteiger partial charge < -0.3 is 19.5 Å². The number of aryl methyl sites for hydroxylation is 1. The largest absolute Gasteiger partial charge is 0.497 e. The SMILES string of the molecule is COc1cccc(N2C(=S)N[C@@H](c3ccccn3)[C@H]2c2cc(C)n(-c3cccc(Cl)c3Cl)c2C)c1. The molecule has 2 aromatic carbocycles. The molecule has 5 rings (SSSR count). The van der Waals surface area contributed by atoms with Crippen molar-refractivity contribution in [2.75, 3.05) is 12.0 Å². The van der Waals surface area contributed by atoms with Crippen molar-refractivity contribution in [3.8, 4) is 11.4 Å². The average Bonchev–Trinajstić information content (AvgIpc) is 3.36. The van der Waals surface area contributed by atoms with Gasteiger partial charge in [0.25, 0.3) is 0 Å². The molecular formula is C27H24Cl2N4OS. The smallest absolute Gasteiger partial charge is 0.174 e. The van der Waals surface area contributed by atoms with Crippen LogP contribution in [0.25, 0.3) is 5.69 Å². The van der Waals surface area contributed by atoms with Gasteiger partial charge in [-0.3, -0.25) is 4.98 Å². The van der Waals surface area contributed by atoms with Gasteiger partial charge in [-0.25, -0.2) is 0 Å². The van der Waals surface area contributed by atoms with Crippen LogP contribution in [-0.4, -0.2) is 21.8 Å². The monoisotopic (exact) mass is 522 g/mol. The number of nitrogens with zero attached hydrogens (tertiary/aromatic N) is 3. The molecule has 0 amide bonds. The number of aromatic nitrogens is 2. The van der Waals surface area contributed by atoms with E-state index in [0.717, 1.165) is 39.8 Å². The summed E-state index contributed by atoms with van der Waals surface area (Å²) in [4.78, 5) is 6.80. The highest BCUT2D eigenvalue weighted by atomic mass is 35.5. The minimum atomic E-state index is -0.154. The molecule has 2 atom stereocenters. The zero-order valence-electron chi connectivity index (χ0n) is 19.5. The number of ether oxygens (including phenoxy) is 1. The highest BCUT2D eigenvalue weighted by Crippen LogP contribution is 2.44. The molecule has 1 aliphatic rings. The lowest BCUT2D eigenvalue weighted by atomic mass is 9.96. The topological polar surface area (TPSA) is 42.3 Å². The van der Waals surface area contributed by atoms with Gasteiger partial charge in [0.1, 0.15) is 5.75 Å². The molecule has 3 heterocycles. The van der Waals surface area contributed by atoms with E-state index in [1.54, 1.807) is 19.4 Å². The van der Waals surface area contributed by atoms with E-state index in [0.29, 0.717) is 15.2 Å². The maximum atomic E-state index is 6.63. The number of anilines is 1. The van der Waals surface area contributed by atoms with Gasteiger partial charge in [-0.1, -0.05) is 41.4 Å². The number of methoxy groups -OCH3 is 1. The lowest BCUT2D eigenvalue weighted by Gasteiger charge is -2.28. The molecule has 0 saturated carbocycles. The second-order valence-corrected chi connectivity index (χ2v) is 9.60. The number of rotatable bonds is 5. The number of benzene rings is 2. The van der Waals surface area contributed by atoms with Crippen molar-refractivity contribution < 1.29 is 4.74 Å². The van der Waals surface area contributed by atoms with Crippen molar-refractivity contribution in [2.24, 2.45) is 0 Å². The number of halogens is 2. The minimum Gasteiger partial charge on any atom is -0.497 e. The summed E-state index contributed by atoms with van der Waals surface area (Å²) in [6, 6.07) is 21.4. The standard InChI is InChI=1S/C27H24Cl2N4OS/c1-16-14-20(17(2)32(16)23-12-7-10-21(28)24(23)29)26-25(22-11-4-5-13-30-22)31-27(35)33(26)18-8-6-9-19(15-18)34-3/h4-15,25-26H,1-3H3,(H,31,35)/t25-,26+/m0/s1. The van der Waals surface area contributed by atoms with Crippen LogP contribution in [0, 0.1) is 13.8 Å².